The first-order valence-corrected chi connectivity index (χ1v) is 7.83. The molecule has 112 valence electrons. The number of thiazole rings is 1. The Labute approximate surface area is 136 Å². The van der Waals surface area contributed by atoms with E-state index in [2.05, 4.69) is 26.0 Å². The Hall–Kier alpha value is -3.06. The van der Waals surface area contributed by atoms with Crippen molar-refractivity contribution in [3.63, 3.8) is 0 Å². The van der Waals surface area contributed by atoms with Gasteiger partial charge in [-0.3, -0.25) is 0 Å². The van der Waals surface area contributed by atoms with Gasteiger partial charge in [-0.2, -0.15) is 0 Å². The van der Waals surface area contributed by atoms with E-state index in [1.54, 1.807) is 11.3 Å². The predicted molar refractivity (Wildman–Crippen MR) is 90.6 cm³/mol. The average molecular weight is 320 g/mol. The third kappa shape index (κ3) is 2.69. The first-order chi connectivity index (χ1) is 11.3. The van der Waals surface area contributed by atoms with Crippen LogP contribution in [0.5, 0.6) is 0 Å². The highest BCUT2D eigenvalue weighted by molar-refractivity contribution is 7.13. The zero-order chi connectivity index (χ0) is 15.6. The number of anilines is 1. The Morgan fingerprint density at radius 3 is 2.26 bits per heavy atom. The van der Waals surface area contributed by atoms with Crippen LogP contribution in [0.2, 0.25) is 0 Å². The van der Waals surface area contributed by atoms with Gasteiger partial charge >= 0.3 is 0 Å². The summed E-state index contributed by atoms with van der Waals surface area (Å²) in [6, 6.07) is 15.7. The van der Waals surface area contributed by atoms with Crippen molar-refractivity contribution in [2.75, 3.05) is 5.73 Å². The fourth-order valence-corrected chi connectivity index (χ4v) is 3.08. The van der Waals surface area contributed by atoms with Gasteiger partial charge in [-0.1, -0.05) is 24.3 Å². The summed E-state index contributed by atoms with van der Waals surface area (Å²) in [5.74, 6) is 0.650. The minimum absolute atomic E-state index is 0.650. The molecule has 4 rings (SSSR count). The molecule has 0 unspecified atom stereocenters. The molecule has 0 spiro atoms. The molecule has 0 fully saturated rings. The maximum atomic E-state index is 5.72. The smallest absolute Gasteiger partial charge is 0.179 e. The van der Waals surface area contributed by atoms with E-state index >= 15 is 0 Å². The highest BCUT2D eigenvalue weighted by Crippen LogP contribution is 2.30. The molecule has 0 saturated heterocycles. The van der Waals surface area contributed by atoms with Crippen LogP contribution < -0.4 is 5.73 Å². The van der Waals surface area contributed by atoms with Crippen molar-refractivity contribution in [1.82, 2.24) is 25.6 Å². The number of nitrogens with two attached hydrogens (primary N) is 1. The summed E-state index contributed by atoms with van der Waals surface area (Å²) >= 11 is 1.61. The molecular formula is C16H12N6S. The summed E-state index contributed by atoms with van der Waals surface area (Å²) in [4.78, 5) is 4.70. The van der Waals surface area contributed by atoms with Crippen LogP contribution in [0.15, 0.2) is 53.9 Å². The molecule has 0 saturated carbocycles. The SMILES string of the molecule is Nc1ccc(-c2nc(-c3ccc(-c4nnn[nH]4)cc3)cs2)cc1. The zero-order valence-corrected chi connectivity index (χ0v) is 12.8. The van der Waals surface area contributed by atoms with Crippen LogP contribution in [0.1, 0.15) is 0 Å². The van der Waals surface area contributed by atoms with Gasteiger partial charge in [-0.15, -0.1) is 16.4 Å². The number of tetrazole rings is 1. The van der Waals surface area contributed by atoms with Gasteiger partial charge in [-0.25, -0.2) is 10.1 Å². The summed E-state index contributed by atoms with van der Waals surface area (Å²) < 4.78 is 0. The summed E-state index contributed by atoms with van der Waals surface area (Å²) in [5, 5.41) is 16.8. The van der Waals surface area contributed by atoms with Crippen molar-refractivity contribution in [2.24, 2.45) is 0 Å². The van der Waals surface area contributed by atoms with E-state index in [1.807, 2.05) is 48.5 Å². The fraction of sp³-hybridized carbons (Fsp3) is 0. The lowest BCUT2D eigenvalue weighted by atomic mass is 10.1. The number of rotatable bonds is 3. The summed E-state index contributed by atoms with van der Waals surface area (Å²) in [7, 11) is 0. The van der Waals surface area contributed by atoms with Gasteiger partial charge in [0.15, 0.2) is 5.82 Å². The van der Waals surface area contributed by atoms with Crippen molar-refractivity contribution >= 4 is 17.0 Å². The first-order valence-electron chi connectivity index (χ1n) is 6.95. The molecule has 3 N–H and O–H groups in total. The van der Waals surface area contributed by atoms with Gasteiger partial charge < -0.3 is 5.73 Å². The molecular weight excluding hydrogens is 308 g/mol. The number of nitrogen functional groups attached to an aromatic ring is 1. The molecule has 0 amide bonds. The minimum atomic E-state index is 0.650. The molecule has 2 heterocycles. The molecule has 6 nitrogen and oxygen atoms in total. The van der Waals surface area contributed by atoms with Crippen LogP contribution in [0.4, 0.5) is 5.69 Å². The van der Waals surface area contributed by atoms with E-state index in [0.29, 0.717) is 5.82 Å². The van der Waals surface area contributed by atoms with E-state index in [1.165, 1.54) is 0 Å². The largest absolute Gasteiger partial charge is 0.399 e. The Kier molecular flexibility index (Phi) is 3.32. The summed E-state index contributed by atoms with van der Waals surface area (Å²) in [6.07, 6.45) is 0. The van der Waals surface area contributed by atoms with E-state index in [-0.39, 0.29) is 0 Å². The highest BCUT2D eigenvalue weighted by Gasteiger charge is 2.08. The molecule has 0 bridgehead atoms. The number of aromatic amines is 1. The molecule has 0 radical (unpaired) electrons. The highest BCUT2D eigenvalue weighted by atomic mass is 32.1. The maximum absolute atomic E-state index is 5.72. The van der Waals surface area contributed by atoms with Gasteiger partial charge in [-0.05, 0) is 34.7 Å². The number of nitrogens with zero attached hydrogens (tertiary/aromatic N) is 4. The van der Waals surface area contributed by atoms with E-state index < -0.39 is 0 Å². The summed E-state index contributed by atoms with van der Waals surface area (Å²) in [5.41, 5.74) is 10.5. The Balaban J connectivity index is 1.62. The average Bonchev–Trinajstić information content (AvgIpc) is 3.28. The van der Waals surface area contributed by atoms with Crippen LogP contribution in [-0.4, -0.2) is 25.6 Å². The van der Waals surface area contributed by atoms with Gasteiger partial charge in [0.1, 0.15) is 5.01 Å². The van der Waals surface area contributed by atoms with Crippen molar-refractivity contribution in [2.45, 2.75) is 0 Å². The standard InChI is InChI=1S/C16H12N6S/c17-13-7-5-12(6-8-13)16-18-14(9-23-16)10-1-3-11(4-2-10)15-19-21-22-20-15/h1-9H,17H2,(H,19,20,21,22). The van der Waals surface area contributed by atoms with Crippen LogP contribution in [0.25, 0.3) is 33.2 Å². The number of hydrogen-bond donors (Lipinski definition) is 2. The van der Waals surface area contributed by atoms with Gasteiger partial charge in [0.2, 0.25) is 0 Å². The van der Waals surface area contributed by atoms with Crippen molar-refractivity contribution < 1.29 is 0 Å². The van der Waals surface area contributed by atoms with E-state index in [9.17, 15) is 0 Å². The first kappa shape index (κ1) is 13.6. The second-order valence-corrected chi connectivity index (χ2v) is 5.85. The second-order valence-electron chi connectivity index (χ2n) is 4.99. The Bertz CT molecular complexity index is 910. The Morgan fingerprint density at radius 1 is 0.870 bits per heavy atom. The third-order valence-corrected chi connectivity index (χ3v) is 4.35. The molecule has 0 aliphatic heterocycles. The molecule has 0 aliphatic rings. The molecule has 0 aliphatic carbocycles. The van der Waals surface area contributed by atoms with Crippen molar-refractivity contribution in [3.05, 3.63) is 53.9 Å². The monoisotopic (exact) mass is 320 g/mol. The third-order valence-electron chi connectivity index (χ3n) is 3.46. The lowest BCUT2D eigenvalue weighted by molar-refractivity contribution is 0.881. The summed E-state index contributed by atoms with van der Waals surface area (Å²) in [6.45, 7) is 0. The van der Waals surface area contributed by atoms with Crippen LogP contribution in [0, 0.1) is 0 Å². The van der Waals surface area contributed by atoms with Crippen LogP contribution in [0.3, 0.4) is 0 Å². The molecule has 0 atom stereocenters. The molecule has 23 heavy (non-hydrogen) atoms. The van der Waals surface area contributed by atoms with Gasteiger partial charge in [0.25, 0.3) is 0 Å². The number of nitrogens with one attached hydrogen (secondary N) is 1. The Morgan fingerprint density at radius 2 is 1.57 bits per heavy atom. The zero-order valence-electron chi connectivity index (χ0n) is 12.0. The number of aromatic nitrogens is 5. The minimum Gasteiger partial charge on any atom is -0.399 e. The lowest BCUT2D eigenvalue weighted by Gasteiger charge is -1.99. The topological polar surface area (TPSA) is 93.4 Å². The van der Waals surface area contributed by atoms with Crippen LogP contribution in [-0.2, 0) is 0 Å². The van der Waals surface area contributed by atoms with E-state index in [0.717, 1.165) is 33.1 Å². The molecule has 2 aromatic carbocycles. The van der Waals surface area contributed by atoms with Gasteiger partial charge in [0, 0.05) is 27.8 Å². The van der Waals surface area contributed by atoms with Crippen molar-refractivity contribution in [3.8, 4) is 33.2 Å². The van der Waals surface area contributed by atoms with Gasteiger partial charge in [0.05, 0.1) is 5.69 Å². The molecule has 2 aromatic heterocycles. The second kappa shape index (κ2) is 5.62. The molecule has 4 aromatic rings. The number of hydrogen-bond acceptors (Lipinski definition) is 6. The normalized spacial score (nSPS) is 10.8. The quantitative estimate of drug-likeness (QED) is 0.565. The van der Waals surface area contributed by atoms with E-state index in [4.69, 9.17) is 10.7 Å². The fourth-order valence-electron chi connectivity index (χ4n) is 2.24. The molecule has 7 heteroatoms. The number of H-pyrrole nitrogens is 1. The van der Waals surface area contributed by atoms with Crippen LogP contribution >= 0.6 is 11.3 Å². The maximum Gasteiger partial charge on any atom is 0.179 e. The number of benzene rings is 2. The predicted octanol–water partition coefficient (Wildman–Crippen LogP) is 3.24. The van der Waals surface area contributed by atoms with Crippen molar-refractivity contribution in [1.29, 1.82) is 0 Å². The lowest BCUT2D eigenvalue weighted by Crippen LogP contribution is -1.84.